The molecule has 1 saturated carbocycles. The number of benzene rings is 1. The molecule has 0 radical (unpaired) electrons. The second-order valence-electron chi connectivity index (χ2n) is 7.80. The molecule has 1 aromatic rings. The maximum absolute atomic E-state index is 12.5. The highest BCUT2D eigenvalue weighted by atomic mass is 16.6. The molecule has 28 heavy (non-hydrogen) atoms. The molecule has 4 nitrogen and oxygen atoms in total. The smallest absolute Gasteiger partial charge is 0.338 e. The van der Waals surface area contributed by atoms with Crippen molar-refractivity contribution in [2.75, 3.05) is 0 Å². The number of ether oxygens (including phenoxy) is 2. The number of rotatable bonds is 7. The van der Waals surface area contributed by atoms with Crippen molar-refractivity contribution >= 4 is 11.9 Å². The number of hydrogen-bond acceptors (Lipinski definition) is 4. The number of carbonyl (C=O) groups is 2. The van der Waals surface area contributed by atoms with E-state index in [1.165, 1.54) is 30.9 Å². The normalized spacial score (nSPS) is 24.5. The van der Waals surface area contributed by atoms with Crippen LogP contribution in [0.3, 0.4) is 0 Å². The Balaban J connectivity index is 0.00000280. The van der Waals surface area contributed by atoms with Crippen molar-refractivity contribution in [1.82, 2.24) is 0 Å². The topological polar surface area (TPSA) is 52.6 Å². The van der Waals surface area contributed by atoms with Crippen molar-refractivity contribution in [3.8, 4) is 0 Å². The maximum atomic E-state index is 12.5. The summed E-state index contributed by atoms with van der Waals surface area (Å²) in [6.07, 6.45) is 10.0. The molecule has 1 heterocycles. The first kappa shape index (κ1) is 22.2. The molecule has 4 unspecified atom stereocenters. The van der Waals surface area contributed by atoms with Gasteiger partial charge in [0.25, 0.3) is 0 Å². The van der Waals surface area contributed by atoms with Crippen LogP contribution >= 0.6 is 0 Å². The Morgan fingerprint density at radius 3 is 2.64 bits per heavy atom. The largest absolute Gasteiger partial charge is 0.459 e. The Morgan fingerprint density at radius 2 is 1.96 bits per heavy atom. The Bertz CT molecular complexity index is 676. The highest BCUT2D eigenvalue weighted by Gasteiger charge is 2.35. The molecule has 0 N–H and O–H groups in total. The molecule has 4 heteroatoms. The number of esters is 2. The van der Waals surface area contributed by atoms with Gasteiger partial charge in [-0.3, -0.25) is 0 Å². The number of hydrogen-bond donors (Lipinski definition) is 0. The van der Waals surface area contributed by atoms with Crippen LogP contribution in [0.15, 0.2) is 36.4 Å². The van der Waals surface area contributed by atoms with Crippen LogP contribution in [0.5, 0.6) is 0 Å². The van der Waals surface area contributed by atoms with Gasteiger partial charge in [-0.25, -0.2) is 9.59 Å². The van der Waals surface area contributed by atoms with Gasteiger partial charge in [-0.2, -0.15) is 0 Å². The summed E-state index contributed by atoms with van der Waals surface area (Å²) < 4.78 is 11.1. The van der Waals surface area contributed by atoms with Crippen molar-refractivity contribution in [3.63, 3.8) is 0 Å². The second kappa shape index (κ2) is 10.4. The lowest BCUT2D eigenvalue weighted by molar-refractivity contribution is -0.150. The van der Waals surface area contributed by atoms with Crippen molar-refractivity contribution in [1.29, 1.82) is 0 Å². The molecule has 4 atom stereocenters. The second-order valence-corrected chi connectivity index (χ2v) is 7.80. The SMILES string of the molecule is C.CCCC(CC)Cc1ccc(C(=O)OC2CCC3C=CC(=O)OC3C2)cc1. The Labute approximate surface area is 169 Å². The van der Waals surface area contributed by atoms with Gasteiger partial charge in [-0.05, 0) is 42.9 Å². The number of fused-ring (bicyclic) bond motifs is 1. The molecule has 0 saturated heterocycles. The third-order valence-electron chi connectivity index (χ3n) is 5.80. The molecule has 0 aromatic heterocycles. The molecule has 2 aliphatic rings. The van der Waals surface area contributed by atoms with Crippen LogP contribution in [0, 0.1) is 11.8 Å². The van der Waals surface area contributed by atoms with Gasteiger partial charge in [-0.15, -0.1) is 0 Å². The van der Waals surface area contributed by atoms with Crippen LogP contribution in [0.1, 0.15) is 75.7 Å². The fourth-order valence-electron chi connectivity index (χ4n) is 4.16. The first-order chi connectivity index (χ1) is 13.1. The van der Waals surface area contributed by atoms with E-state index in [4.69, 9.17) is 9.47 Å². The van der Waals surface area contributed by atoms with E-state index in [1.807, 2.05) is 30.3 Å². The molecule has 1 aliphatic carbocycles. The highest BCUT2D eigenvalue weighted by Crippen LogP contribution is 2.32. The minimum atomic E-state index is -0.299. The van der Waals surface area contributed by atoms with Crippen LogP contribution in [-0.2, 0) is 20.7 Å². The van der Waals surface area contributed by atoms with Crippen molar-refractivity contribution < 1.29 is 19.1 Å². The van der Waals surface area contributed by atoms with E-state index in [2.05, 4.69) is 13.8 Å². The molecule has 1 aliphatic heterocycles. The molecular formula is C24H34O4. The molecule has 1 aromatic carbocycles. The first-order valence-electron chi connectivity index (χ1n) is 10.3. The summed E-state index contributed by atoms with van der Waals surface area (Å²) in [5.74, 6) is 0.373. The third-order valence-corrected chi connectivity index (χ3v) is 5.80. The summed E-state index contributed by atoms with van der Waals surface area (Å²) in [6, 6.07) is 7.82. The zero-order valence-electron chi connectivity index (χ0n) is 16.4. The lowest BCUT2D eigenvalue weighted by Crippen LogP contribution is -2.38. The van der Waals surface area contributed by atoms with Crippen molar-refractivity contribution in [2.24, 2.45) is 11.8 Å². The minimum absolute atomic E-state index is 0. The van der Waals surface area contributed by atoms with Gasteiger partial charge in [0.2, 0.25) is 0 Å². The van der Waals surface area contributed by atoms with Gasteiger partial charge in [0.05, 0.1) is 5.56 Å². The average molecular weight is 387 g/mol. The molecular weight excluding hydrogens is 352 g/mol. The highest BCUT2D eigenvalue weighted by molar-refractivity contribution is 5.89. The van der Waals surface area contributed by atoms with Crippen molar-refractivity contribution in [3.05, 3.63) is 47.5 Å². The third kappa shape index (κ3) is 5.70. The van der Waals surface area contributed by atoms with Crippen LogP contribution in [0.4, 0.5) is 0 Å². The Hall–Kier alpha value is -2.10. The van der Waals surface area contributed by atoms with Gasteiger partial charge in [0.15, 0.2) is 0 Å². The number of carbonyl (C=O) groups excluding carboxylic acids is 2. The molecule has 1 fully saturated rings. The zero-order chi connectivity index (χ0) is 19.2. The summed E-state index contributed by atoms with van der Waals surface area (Å²) in [7, 11) is 0. The predicted molar refractivity (Wildman–Crippen MR) is 111 cm³/mol. The summed E-state index contributed by atoms with van der Waals surface area (Å²) in [4.78, 5) is 23.9. The summed E-state index contributed by atoms with van der Waals surface area (Å²) in [5.41, 5.74) is 1.86. The zero-order valence-corrected chi connectivity index (χ0v) is 16.4. The standard InChI is InChI=1S/C23H30O4.CH4/c1-3-5-16(4-2)14-17-6-8-19(9-7-17)23(25)26-20-12-10-18-11-13-22(24)27-21(18)15-20;/h6-9,11,13,16,18,20-21H,3-5,10,12,14-15H2,1-2H3;1H4. The lowest BCUT2D eigenvalue weighted by Gasteiger charge is -2.35. The van der Waals surface area contributed by atoms with Crippen LogP contribution < -0.4 is 0 Å². The molecule has 0 bridgehead atoms. The Kier molecular flexibility index (Phi) is 8.28. The predicted octanol–water partition coefficient (Wildman–Crippen LogP) is 5.50. The average Bonchev–Trinajstić information content (AvgIpc) is 2.67. The van der Waals surface area contributed by atoms with Gasteiger partial charge in [-0.1, -0.05) is 58.7 Å². The van der Waals surface area contributed by atoms with Gasteiger partial charge in [0.1, 0.15) is 12.2 Å². The van der Waals surface area contributed by atoms with E-state index in [0.29, 0.717) is 17.9 Å². The van der Waals surface area contributed by atoms with Gasteiger partial charge >= 0.3 is 11.9 Å². The molecule has 3 rings (SSSR count). The van der Waals surface area contributed by atoms with Gasteiger partial charge < -0.3 is 9.47 Å². The van der Waals surface area contributed by atoms with E-state index < -0.39 is 0 Å². The van der Waals surface area contributed by atoms with Gasteiger partial charge in [0, 0.05) is 18.4 Å². The van der Waals surface area contributed by atoms with E-state index in [-0.39, 0.29) is 37.5 Å². The van der Waals surface area contributed by atoms with E-state index in [9.17, 15) is 9.59 Å². The quantitative estimate of drug-likeness (QED) is 0.581. The van der Waals surface area contributed by atoms with E-state index in [1.54, 1.807) is 0 Å². The monoisotopic (exact) mass is 386 g/mol. The van der Waals surface area contributed by atoms with Crippen molar-refractivity contribution in [2.45, 2.75) is 78.4 Å². The van der Waals surface area contributed by atoms with Crippen LogP contribution in [0.2, 0.25) is 0 Å². The van der Waals surface area contributed by atoms with Crippen LogP contribution in [0.25, 0.3) is 0 Å². The Morgan fingerprint density at radius 1 is 1.21 bits per heavy atom. The molecule has 154 valence electrons. The molecule has 0 spiro atoms. The first-order valence-corrected chi connectivity index (χ1v) is 10.3. The molecule has 0 amide bonds. The van der Waals surface area contributed by atoms with Crippen LogP contribution in [-0.4, -0.2) is 24.1 Å². The maximum Gasteiger partial charge on any atom is 0.338 e. The minimum Gasteiger partial charge on any atom is -0.459 e. The lowest BCUT2D eigenvalue weighted by atomic mass is 9.83. The van der Waals surface area contributed by atoms with E-state index in [0.717, 1.165) is 19.3 Å². The summed E-state index contributed by atoms with van der Waals surface area (Å²) in [5, 5.41) is 0. The summed E-state index contributed by atoms with van der Waals surface area (Å²) in [6.45, 7) is 4.46. The fraction of sp³-hybridized carbons (Fsp3) is 0.583. The summed E-state index contributed by atoms with van der Waals surface area (Å²) >= 11 is 0. The fourth-order valence-corrected chi connectivity index (χ4v) is 4.16. The van der Waals surface area contributed by atoms with E-state index >= 15 is 0 Å².